The Morgan fingerprint density at radius 3 is 1.90 bits per heavy atom. The summed E-state index contributed by atoms with van der Waals surface area (Å²) >= 11 is 0. The third kappa shape index (κ3) is 3.76. The molecule has 4 aromatic rings. The monoisotopic (exact) mass is 414 g/mol. The van der Waals surface area contributed by atoms with Crippen LogP contribution in [-0.4, -0.2) is 0 Å². The lowest BCUT2D eigenvalue weighted by molar-refractivity contribution is -0.142. The van der Waals surface area contributed by atoms with Crippen molar-refractivity contribution in [3.05, 3.63) is 83.4 Å². The summed E-state index contributed by atoms with van der Waals surface area (Å²) in [4.78, 5) is 0. The summed E-state index contributed by atoms with van der Waals surface area (Å²) in [7, 11) is 0. The number of unbranched alkanes of at least 4 members (excludes halogenated alkanes) is 1. The minimum absolute atomic E-state index is 0.0647. The van der Waals surface area contributed by atoms with E-state index >= 15 is 0 Å². The predicted octanol–water partition coefficient (Wildman–Crippen LogP) is 8.30. The maximum absolute atomic E-state index is 14.0. The smallest absolute Gasteiger partial charge is 0.206 e. The summed E-state index contributed by atoms with van der Waals surface area (Å²) in [6.45, 7) is 2.15. The second-order valence-electron chi connectivity index (χ2n) is 7.47. The topological polar surface area (TPSA) is 0 Å². The van der Waals surface area contributed by atoms with Gasteiger partial charge in [-0.1, -0.05) is 55.8 Å². The summed E-state index contributed by atoms with van der Waals surface area (Å²) < 4.78 is 66.4. The first-order valence-corrected chi connectivity index (χ1v) is 9.80. The number of aryl methyl sites for hydroxylation is 1. The molecule has 0 aliphatic heterocycles. The number of rotatable bonds is 4. The molecule has 0 aromatic heterocycles. The Bertz CT molecular complexity index is 1210. The lowest BCUT2D eigenvalue weighted by atomic mass is 9.95. The summed E-state index contributed by atoms with van der Waals surface area (Å²) in [5.41, 5.74) is -0.0733. The standard InChI is InChI=1S/C25H19F5/c1-2-3-4-15-5-9-20-17(11-15)6-7-18-12-16(8-10-21(18)20)19-13-22(26)24(23(27)14-19)25(28,29)30/h5-14H,2-4H2,1H3. The maximum atomic E-state index is 14.0. The Balaban J connectivity index is 1.78. The Kier molecular flexibility index (Phi) is 5.22. The number of hydrogen-bond acceptors (Lipinski definition) is 0. The average Bonchev–Trinajstić information content (AvgIpc) is 2.69. The minimum atomic E-state index is -5.08. The number of alkyl halides is 3. The van der Waals surface area contributed by atoms with Crippen molar-refractivity contribution in [3.8, 4) is 11.1 Å². The molecule has 0 spiro atoms. The van der Waals surface area contributed by atoms with E-state index in [1.807, 2.05) is 18.2 Å². The highest BCUT2D eigenvalue weighted by Crippen LogP contribution is 2.37. The Morgan fingerprint density at radius 2 is 1.30 bits per heavy atom. The molecular weight excluding hydrogens is 395 g/mol. The van der Waals surface area contributed by atoms with Crippen LogP contribution >= 0.6 is 0 Å². The van der Waals surface area contributed by atoms with Gasteiger partial charge < -0.3 is 0 Å². The number of halogens is 5. The second kappa shape index (κ2) is 7.71. The fourth-order valence-corrected chi connectivity index (χ4v) is 3.85. The first-order valence-electron chi connectivity index (χ1n) is 9.80. The van der Waals surface area contributed by atoms with Gasteiger partial charge in [0.15, 0.2) is 0 Å². The van der Waals surface area contributed by atoms with Crippen LogP contribution in [0, 0.1) is 11.6 Å². The molecule has 0 amide bonds. The normalized spacial score (nSPS) is 12.1. The Labute approximate surface area is 171 Å². The molecule has 0 aliphatic rings. The number of hydrogen-bond donors (Lipinski definition) is 0. The fraction of sp³-hybridized carbons (Fsp3) is 0.200. The predicted molar refractivity (Wildman–Crippen MR) is 110 cm³/mol. The summed E-state index contributed by atoms with van der Waals surface area (Å²) in [5, 5.41) is 3.99. The van der Waals surface area contributed by atoms with E-state index in [4.69, 9.17) is 0 Å². The third-order valence-electron chi connectivity index (χ3n) is 5.38. The van der Waals surface area contributed by atoms with Crippen molar-refractivity contribution in [1.29, 1.82) is 0 Å². The van der Waals surface area contributed by atoms with Crippen molar-refractivity contribution in [2.24, 2.45) is 0 Å². The lowest BCUT2D eigenvalue weighted by Crippen LogP contribution is -2.11. The second-order valence-corrected chi connectivity index (χ2v) is 7.47. The zero-order valence-corrected chi connectivity index (χ0v) is 16.3. The quantitative estimate of drug-likeness (QED) is 0.233. The van der Waals surface area contributed by atoms with Gasteiger partial charge in [0, 0.05) is 0 Å². The third-order valence-corrected chi connectivity index (χ3v) is 5.38. The van der Waals surface area contributed by atoms with Gasteiger partial charge in [-0.3, -0.25) is 0 Å². The van der Waals surface area contributed by atoms with Gasteiger partial charge in [-0.05, 0) is 69.3 Å². The van der Waals surface area contributed by atoms with E-state index in [9.17, 15) is 22.0 Å². The zero-order valence-electron chi connectivity index (χ0n) is 16.3. The van der Waals surface area contributed by atoms with E-state index in [0.29, 0.717) is 5.56 Å². The van der Waals surface area contributed by atoms with Gasteiger partial charge >= 0.3 is 6.18 Å². The van der Waals surface area contributed by atoms with Crippen molar-refractivity contribution in [1.82, 2.24) is 0 Å². The van der Waals surface area contributed by atoms with Gasteiger partial charge in [0.25, 0.3) is 0 Å². The highest BCUT2D eigenvalue weighted by atomic mass is 19.4. The van der Waals surface area contributed by atoms with E-state index in [1.54, 1.807) is 12.1 Å². The van der Waals surface area contributed by atoms with Gasteiger partial charge in [-0.2, -0.15) is 13.2 Å². The molecule has 0 radical (unpaired) electrons. The van der Waals surface area contributed by atoms with E-state index in [2.05, 4.69) is 25.1 Å². The van der Waals surface area contributed by atoms with Gasteiger partial charge in [0.1, 0.15) is 17.2 Å². The van der Waals surface area contributed by atoms with E-state index < -0.39 is 23.4 Å². The van der Waals surface area contributed by atoms with Crippen LogP contribution in [0.3, 0.4) is 0 Å². The molecule has 0 aliphatic carbocycles. The molecule has 0 saturated carbocycles. The highest BCUT2D eigenvalue weighted by Gasteiger charge is 2.37. The van der Waals surface area contributed by atoms with Crippen LogP contribution < -0.4 is 0 Å². The molecule has 0 atom stereocenters. The average molecular weight is 414 g/mol. The van der Waals surface area contributed by atoms with Gasteiger partial charge in [0.05, 0.1) is 0 Å². The molecule has 0 N–H and O–H groups in total. The van der Waals surface area contributed by atoms with Crippen molar-refractivity contribution in [2.75, 3.05) is 0 Å². The minimum Gasteiger partial charge on any atom is -0.206 e. The van der Waals surface area contributed by atoms with Crippen molar-refractivity contribution >= 4 is 21.5 Å². The van der Waals surface area contributed by atoms with Crippen molar-refractivity contribution in [2.45, 2.75) is 32.4 Å². The van der Waals surface area contributed by atoms with Crippen LogP contribution in [0.2, 0.25) is 0 Å². The van der Waals surface area contributed by atoms with Crippen LogP contribution in [-0.2, 0) is 12.6 Å². The molecule has 4 aromatic carbocycles. The molecule has 0 fully saturated rings. The first kappa shape index (κ1) is 20.3. The molecule has 0 nitrogen and oxygen atoms in total. The first-order chi connectivity index (χ1) is 14.3. The van der Waals surface area contributed by atoms with Crippen molar-refractivity contribution < 1.29 is 22.0 Å². The summed E-state index contributed by atoms with van der Waals surface area (Å²) in [5.74, 6) is -3.23. The van der Waals surface area contributed by atoms with Crippen LogP contribution in [0.5, 0.6) is 0 Å². The van der Waals surface area contributed by atoms with Gasteiger partial charge in [0.2, 0.25) is 0 Å². The van der Waals surface area contributed by atoms with Gasteiger partial charge in [-0.15, -0.1) is 0 Å². The Morgan fingerprint density at radius 1 is 0.700 bits per heavy atom. The van der Waals surface area contributed by atoms with Crippen LogP contribution in [0.1, 0.15) is 30.9 Å². The van der Waals surface area contributed by atoms with E-state index in [-0.39, 0.29) is 5.56 Å². The SMILES string of the molecule is CCCCc1ccc2c(ccc3cc(-c4cc(F)c(C(F)(F)F)c(F)c4)ccc32)c1. The molecule has 30 heavy (non-hydrogen) atoms. The van der Waals surface area contributed by atoms with Gasteiger partial charge in [-0.25, -0.2) is 8.78 Å². The molecule has 0 unspecified atom stereocenters. The van der Waals surface area contributed by atoms with Crippen LogP contribution in [0.15, 0.2) is 60.7 Å². The van der Waals surface area contributed by atoms with E-state index in [1.165, 1.54) is 5.56 Å². The number of fused-ring (bicyclic) bond motifs is 3. The van der Waals surface area contributed by atoms with Crippen molar-refractivity contribution in [3.63, 3.8) is 0 Å². The molecule has 4 rings (SSSR count). The summed E-state index contributed by atoms with van der Waals surface area (Å²) in [6, 6.07) is 17.0. The largest absolute Gasteiger partial charge is 0.422 e. The van der Waals surface area contributed by atoms with E-state index in [0.717, 1.165) is 52.9 Å². The number of benzene rings is 4. The fourth-order valence-electron chi connectivity index (χ4n) is 3.85. The molecular formula is C25H19F5. The van der Waals surface area contributed by atoms with Crippen LogP contribution in [0.4, 0.5) is 22.0 Å². The molecule has 154 valence electrons. The molecule has 0 bridgehead atoms. The highest BCUT2D eigenvalue weighted by molar-refractivity contribution is 6.08. The van der Waals surface area contributed by atoms with Crippen LogP contribution in [0.25, 0.3) is 32.7 Å². The lowest BCUT2D eigenvalue weighted by Gasteiger charge is -2.12. The zero-order chi connectivity index (χ0) is 21.5. The molecule has 0 saturated heterocycles. The Hall–Kier alpha value is -2.95. The summed E-state index contributed by atoms with van der Waals surface area (Å²) in [6.07, 6.45) is -1.80. The maximum Gasteiger partial charge on any atom is 0.422 e. The molecule has 0 heterocycles. The molecule has 5 heteroatoms.